The molecule has 1 aliphatic rings. The van der Waals surface area contributed by atoms with Crippen molar-refractivity contribution in [3.63, 3.8) is 0 Å². The zero-order valence-electron chi connectivity index (χ0n) is 11.4. The van der Waals surface area contributed by atoms with Gasteiger partial charge in [0.2, 0.25) is 5.91 Å². The zero-order chi connectivity index (χ0) is 13.1. The predicted molar refractivity (Wildman–Crippen MR) is 73.2 cm³/mol. The number of nitrogens with one attached hydrogen (secondary N) is 1. The molecule has 3 heteroatoms. The lowest BCUT2D eigenvalue weighted by atomic mass is 10.1. The quantitative estimate of drug-likeness (QED) is 0.885. The van der Waals surface area contributed by atoms with Gasteiger partial charge in [-0.3, -0.25) is 10.1 Å². The van der Waals surface area contributed by atoms with Gasteiger partial charge in [0.25, 0.3) is 0 Å². The van der Waals surface area contributed by atoms with Crippen molar-refractivity contribution in [2.24, 2.45) is 0 Å². The highest BCUT2D eigenvalue weighted by atomic mass is 16.2. The Kier molecular flexibility index (Phi) is 4.02. The number of rotatable bonds is 4. The van der Waals surface area contributed by atoms with Crippen LogP contribution in [0, 0.1) is 0 Å². The van der Waals surface area contributed by atoms with Crippen LogP contribution in [-0.2, 0) is 11.2 Å². The Hall–Kier alpha value is -1.35. The molecule has 1 amide bonds. The molecular formula is C15H22N2O. The summed E-state index contributed by atoms with van der Waals surface area (Å²) in [5.74, 6) is 0.210. The van der Waals surface area contributed by atoms with Crippen molar-refractivity contribution in [1.29, 1.82) is 0 Å². The smallest absolute Gasteiger partial charge is 0.241 e. The summed E-state index contributed by atoms with van der Waals surface area (Å²) in [6.07, 6.45) is 3.01. The number of nitrogens with zero attached hydrogens (tertiary/aromatic N) is 1. The van der Waals surface area contributed by atoms with E-state index >= 15 is 0 Å². The summed E-state index contributed by atoms with van der Waals surface area (Å²) >= 11 is 0. The molecule has 0 aromatic heterocycles. The fourth-order valence-electron chi connectivity index (χ4n) is 2.50. The second-order valence-corrected chi connectivity index (χ2v) is 4.95. The molecule has 1 saturated heterocycles. The lowest BCUT2D eigenvalue weighted by Gasteiger charge is -2.19. The van der Waals surface area contributed by atoms with Gasteiger partial charge >= 0.3 is 0 Å². The van der Waals surface area contributed by atoms with Crippen molar-refractivity contribution in [2.45, 2.75) is 45.3 Å². The normalized spacial score (nSPS) is 23.7. The average molecular weight is 246 g/mol. The van der Waals surface area contributed by atoms with Crippen molar-refractivity contribution in [1.82, 2.24) is 10.2 Å². The Morgan fingerprint density at radius 1 is 1.22 bits per heavy atom. The number of benzene rings is 1. The Bertz CT molecular complexity index is 413. The molecule has 1 N–H and O–H groups in total. The van der Waals surface area contributed by atoms with E-state index in [2.05, 4.69) is 43.4 Å². The van der Waals surface area contributed by atoms with E-state index in [4.69, 9.17) is 0 Å². The molecule has 1 aliphatic heterocycles. The lowest BCUT2D eigenvalue weighted by molar-refractivity contribution is -0.128. The van der Waals surface area contributed by atoms with E-state index in [9.17, 15) is 4.79 Å². The van der Waals surface area contributed by atoms with E-state index in [-0.39, 0.29) is 18.1 Å². The fourth-order valence-corrected chi connectivity index (χ4v) is 2.50. The topological polar surface area (TPSA) is 32.3 Å². The molecule has 2 rings (SSSR count). The van der Waals surface area contributed by atoms with Crippen molar-refractivity contribution in [3.05, 3.63) is 35.4 Å². The minimum absolute atomic E-state index is 0.0177. The number of hydrogen-bond donors (Lipinski definition) is 1. The van der Waals surface area contributed by atoms with Gasteiger partial charge in [0.15, 0.2) is 0 Å². The second kappa shape index (κ2) is 5.53. The summed E-state index contributed by atoms with van der Waals surface area (Å²) in [5.41, 5.74) is 2.50. The van der Waals surface area contributed by atoms with Crippen LogP contribution in [0.3, 0.4) is 0 Å². The number of carbonyl (C=O) groups is 1. The summed E-state index contributed by atoms with van der Waals surface area (Å²) in [7, 11) is 1.88. The van der Waals surface area contributed by atoms with Crippen LogP contribution in [0.5, 0.6) is 0 Å². The van der Waals surface area contributed by atoms with Gasteiger partial charge in [-0.25, -0.2) is 0 Å². The Balaban J connectivity index is 2.15. The molecule has 0 saturated carbocycles. The maximum Gasteiger partial charge on any atom is 0.241 e. The molecule has 1 aromatic rings. The van der Waals surface area contributed by atoms with Crippen LogP contribution in [0.4, 0.5) is 0 Å². The fraction of sp³-hybridized carbons (Fsp3) is 0.533. The van der Waals surface area contributed by atoms with Crippen LogP contribution >= 0.6 is 0 Å². The highest BCUT2D eigenvalue weighted by Gasteiger charge is 2.36. The third kappa shape index (κ3) is 2.41. The molecule has 1 fully saturated rings. The largest absolute Gasteiger partial charge is 0.325 e. The first kappa shape index (κ1) is 13.1. The highest BCUT2D eigenvalue weighted by Crippen LogP contribution is 2.25. The van der Waals surface area contributed by atoms with Crippen molar-refractivity contribution >= 4 is 5.91 Å². The van der Waals surface area contributed by atoms with E-state index < -0.39 is 0 Å². The molecular weight excluding hydrogens is 224 g/mol. The minimum atomic E-state index is -0.0177. The van der Waals surface area contributed by atoms with Crippen LogP contribution in [0.2, 0.25) is 0 Å². The summed E-state index contributed by atoms with van der Waals surface area (Å²) in [6.45, 7) is 4.26. The van der Waals surface area contributed by atoms with E-state index in [1.807, 2.05) is 11.9 Å². The molecule has 2 atom stereocenters. The zero-order valence-corrected chi connectivity index (χ0v) is 11.4. The average Bonchev–Trinajstić information content (AvgIpc) is 2.68. The van der Waals surface area contributed by atoms with Gasteiger partial charge in [0, 0.05) is 7.05 Å². The first-order chi connectivity index (χ1) is 8.67. The van der Waals surface area contributed by atoms with E-state index in [0.717, 1.165) is 19.3 Å². The van der Waals surface area contributed by atoms with Crippen molar-refractivity contribution < 1.29 is 4.79 Å². The van der Waals surface area contributed by atoms with Crippen molar-refractivity contribution in [2.75, 3.05) is 7.05 Å². The molecule has 1 heterocycles. The summed E-state index contributed by atoms with van der Waals surface area (Å²) in [4.78, 5) is 13.9. The summed E-state index contributed by atoms with van der Waals surface area (Å²) in [5, 5.41) is 3.42. The lowest BCUT2D eigenvalue weighted by Crippen LogP contribution is -2.28. The SMILES string of the molecule is CCCC1NC(c2ccc(CC)cc2)N(C)C1=O. The van der Waals surface area contributed by atoms with Crippen LogP contribution in [-0.4, -0.2) is 23.9 Å². The minimum Gasteiger partial charge on any atom is -0.325 e. The van der Waals surface area contributed by atoms with E-state index in [1.54, 1.807) is 0 Å². The third-order valence-corrected chi connectivity index (χ3v) is 3.67. The van der Waals surface area contributed by atoms with E-state index in [0.29, 0.717) is 0 Å². The molecule has 0 aliphatic carbocycles. The molecule has 1 aromatic carbocycles. The first-order valence-corrected chi connectivity index (χ1v) is 6.79. The summed E-state index contributed by atoms with van der Waals surface area (Å²) < 4.78 is 0. The Labute approximate surface area is 109 Å². The van der Waals surface area contributed by atoms with Crippen molar-refractivity contribution in [3.8, 4) is 0 Å². The molecule has 18 heavy (non-hydrogen) atoms. The monoisotopic (exact) mass is 246 g/mol. The van der Waals surface area contributed by atoms with Gasteiger partial charge in [-0.2, -0.15) is 0 Å². The number of amides is 1. The maximum atomic E-state index is 12.1. The number of likely N-dealkylation sites (N-methyl/N-ethyl adjacent to an activating group) is 1. The van der Waals surface area contributed by atoms with E-state index in [1.165, 1.54) is 11.1 Å². The number of carbonyl (C=O) groups excluding carboxylic acids is 1. The number of hydrogen-bond acceptors (Lipinski definition) is 2. The molecule has 98 valence electrons. The van der Waals surface area contributed by atoms with Crippen LogP contribution < -0.4 is 5.32 Å². The van der Waals surface area contributed by atoms with Gasteiger partial charge in [-0.05, 0) is 24.0 Å². The molecule has 0 spiro atoms. The van der Waals surface area contributed by atoms with Gasteiger partial charge in [-0.1, -0.05) is 44.5 Å². The third-order valence-electron chi connectivity index (χ3n) is 3.67. The van der Waals surface area contributed by atoms with Gasteiger partial charge in [0.1, 0.15) is 6.17 Å². The van der Waals surface area contributed by atoms with Gasteiger partial charge in [-0.15, -0.1) is 0 Å². The maximum absolute atomic E-state index is 12.1. The van der Waals surface area contributed by atoms with Crippen LogP contribution in [0.25, 0.3) is 0 Å². The molecule has 2 unspecified atom stereocenters. The Morgan fingerprint density at radius 2 is 1.89 bits per heavy atom. The van der Waals surface area contributed by atoms with Gasteiger partial charge in [0.05, 0.1) is 6.04 Å². The van der Waals surface area contributed by atoms with Crippen LogP contribution in [0.1, 0.15) is 44.0 Å². The predicted octanol–water partition coefficient (Wildman–Crippen LogP) is 2.48. The highest BCUT2D eigenvalue weighted by molar-refractivity contribution is 5.84. The molecule has 3 nitrogen and oxygen atoms in total. The number of aryl methyl sites for hydroxylation is 1. The summed E-state index contributed by atoms with van der Waals surface area (Å²) in [6, 6.07) is 8.50. The van der Waals surface area contributed by atoms with Gasteiger partial charge < -0.3 is 4.90 Å². The first-order valence-electron chi connectivity index (χ1n) is 6.79. The Morgan fingerprint density at radius 3 is 2.44 bits per heavy atom. The second-order valence-electron chi connectivity index (χ2n) is 4.95. The molecule has 0 radical (unpaired) electrons. The molecule has 0 bridgehead atoms. The van der Waals surface area contributed by atoms with Crippen LogP contribution in [0.15, 0.2) is 24.3 Å². The standard InChI is InChI=1S/C15H22N2O/c1-4-6-13-15(18)17(3)14(16-13)12-9-7-11(5-2)8-10-12/h7-10,13-14,16H,4-6H2,1-3H3.